The van der Waals surface area contributed by atoms with Gasteiger partial charge in [-0.25, -0.2) is 0 Å². The number of carbonyl (C=O) groups excluding carboxylic acids is 1. The summed E-state index contributed by atoms with van der Waals surface area (Å²) >= 11 is 0. The van der Waals surface area contributed by atoms with Crippen molar-refractivity contribution in [3.05, 3.63) is 0 Å². The molecule has 0 aromatic carbocycles. The second-order valence-electron chi connectivity index (χ2n) is 5.11. The van der Waals surface area contributed by atoms with E-state index < -0.39 is 5.54 Å². The second kappa shape index (κ2) is 10.7. The van der Waals surface area contributed by atoms with E-state index in [-0.39, 0.29) is 30.7 Å². The van der Waals surface area contributed by atoms with Gasteiger partial charge in [0.1, 0.15) is 0 Å². The van der Waals surface area contributed by atoms with Crippen LogP contribution in [0, 0.1) is 0 Å². The van der Waals surface area contributed by atoms with E-state index in [0.29, 0.717) is 0 Å². The van der Waals surface area contributed by atoms with Gasteiger partial charge in [-0.15, -0.1) is 24.8 Å². The first-order valence-corrected chi connectivity index (χ1v) is 6.92. The molecule has 0 unspecified atom stereocenters. The zero-order chi connectivity index (χ0) is 12.7. The van der Waals surface area contributed by atoms with Gasteiger partial charge in [-0.05, 0) is 51.7 Å². The van der Waals surface area contributed by atoms with Crippen LogP contribution in [-0.4, -0.2) is 42.5 Å². The van der Waals surface area contributed by atoms with E-state index in [9.17, 15) is 4.79 Å². The minimum atomic E-state index is -0.521. The van der Waals surface area contributed by atoms with Gasteiger partial charge in [0, 0.05) is 6.54 Å². The number of halogens is 2. The minimum absolute atomic E-state index is 0. The lowest BCUT2D eigenvalue weighted by atomic mass is 10.2. The molecular weight excluding hydrogens is 285 g/mol. The lowest BCUT2D eigenvalue weighted by Gasteiger charge is -2.21. The van der Waals surface area contributed by atoms with Crippen molar-refractivity contribution in [1.29, 1.82) is 0 Å². The van der Waals surface area contributed by atoms with Crippen LogP contribution in [0.5, 0.6) is 0 Å². The van der Waals surface area contributed by atoms with Gasteiger partial charge >= 0.3 is 0 Å². The standard InChI is InChI=1S/C13H27N3O.2ClH/c1-3-9-16(10-4-2)11-5-8-15-12(17)13(14)6-7-13;;/h3-11,14H2,1-2H3,(H,15,17);2*1H. The highest BCUT2D eigenvalue weighted by atomic mass is 35.5. The maximum atomic E-state index is 11.6. The monoisotopic (exact) mass is 313 g/mol. The molecule has 116 valence electrons. The maximum absolute atomic E-state index is 11.6. The Kier molecular flexibility index (Phi) is 12.0. The van der Waals surface area contributed by atoms with Crippen LogP contribution in [0.2, 0.25) is 0 Å². The highest BCUT2D eigenvalue weighted by molar-refractivity contribution is 5.88. The Hall–Kier alpha value is -0.0300. The van der Waals surface area contributed by atoms with Crippen molar-refractivity contribution in [2.24, 2.45) is 5.73 Å². The van der Waals surface area contributed by atoms with E-state index in [1.807, 2.05) is 0 Å². The first-order chi connectivity index (χ1) is 8.12. The maximum Gasteiger partial charge on any atom is 0.240 e. The van der Waals surface area contributed by atoms with Crippen LogP contribution in [-0.2, 0) is 4.79 Å². The molecule has 0 spiro atoms. The summed E-state index contributed by atoms with van der Waals surface area (Å²) in [6.07, 6.45) is 5.09. The van der Waals surface area contributed by atoms with Crippen molar-refractivity contribution in [2.45, 2.75) is 51.5 Å². The number of hydrogen-bond acceptors (Lipinski definition) is 3. The molecule has 0 atom stereocenters. The van der Waals surface area contributed by atoms with Crippen molar-refractivity contribution in [1.82, 2.24) is 10.2 Å². The number of hydrogen-bond donors (Lipinski definition) is 2. The van der Waals surface area contributed by atoms with Crippen LogP contribution in [0.25, 0.3) is 0 Å². The molecule has 0 aromatic heterocycles. The molecule has 6 heteroatoms. The molecule has 1 aliphatic carbocycles. The summed E-state index contributed by atoms with van der Waals surface area (Å²) in [4.78, 5) is 14.0. The fourth-order valence-corrected chi connectivity index (χ4v) is 2.01. The number of nitrogens with one attached hydrogen (secondary N) is 1. The Labute approximate surface area is 129 Å². The third-order valence-corrected chi connectivity index (χ3v) is 3.26. The van der Waals surface area contributed by atoms with Gasteiger partial charge in [-0.3, -0.25) is 4.79 Å². The molecule has 0 aliphatic heterocycles. The molecule has 3 N–H and O–H groups in total. The van der Waals surface area contributed by atoms with Gasteiger partial charge < -0.3 is 16.0 Å². The summed E-state index contributed by atoms with van der Waals surface area (Å²) in [5.41, 5.74) is 5.28. The highest BCUT2D eigenvalue weighted by Crippen LogP contribution is 2.31. The normalized spacial score (nSPS) is 15.4. The van der Waals surface area contributed by atoms with Gasteiger partial charge in [0.05, 0.1) is 5.54 Å². The average Bonchev–Trinajstić information content (AvgIpc) is 3.04. The molecule has 1 rings (SSSR count). The Morgan fingerprint density at radius 1 is 1.16 bits per heavy atom. The predicted octanol–water partition coefficient (Wildman–Crippen LogP) is 1.95. The Bertz CT molecular complexity index is 242. The highest BCUT2D eigenvalue weighted by Gasteiger charge is 2.45. The van der Waals surface area contributed by atoms with Crippen LogP contribution in [0.1, 0.15) is 46.0 Å². The molecule has 4 nitrogen and oxygen atoms in total. The van der Waals surface area contributed by atoms with Crippen molar-refractivity contribution in [3.63, 3.8) is 0 Å². The molecule has 1 fully saturated rings. The fraction of sp³-hybridized carbons (Fsp3) is 0.923. The first kappa shape index (κ1) is 21.3. The lowest BCUT2D eigenvalue weighted by molar-refractivity contribution is -0.123. The van der Waals surface area contributed by atoms with Gasteiger partial charge in [-0.1, -0.05) is 13.8 Å². The van der Waals surface area contributed by atoms with E-state index in [1.54, 1.807) is 0 Å². The topological polar surface area (TPSA) is 58.4 Å². The third kappa shape index (κ3) is 7.98. The molecule has 0 radical (unpaired) electrons. The summed E-state index contributed by atoms with van der Waals surface area (Å²) in [6.45, 7) is 8.54. The number of amides is 1. The summed E-state index contributed by atoms with van der Waals surface area (Å²) in [5, 5.41) is 2.93. The van der Waals surface area contributed by atoms with E-state index in [4.69, 9.17) is 5.73 Å². The largest absolute Gasteiger partial charge is 0.354 e. The van der Waals surface area contributed by atoms with Gasteiger partial charge in [0.25, 0.3) is 0 Å². The Morgan fingerprint density at radius 3 is 2.11 bits per heavy atom. The van der Waals surface area contributed by atoms with Crippen molar-refractivity contribution in [2.75, 3.05) is 26.2 Å². The summed E-state index contributed by atoms with van der Waals surface area (Å²) < 4.78 is 0. The van der Waals surface area contributed by atoms with E-state index in [0.717, 1.165) is 45.4 Å². The number of nitrogens with two attached hydrogens (primary N) is 1. The molecule has 1 aliphatic rings. The molecule has 0 aromatic rings. The smallest absolute Gasteiger partial charge is 0.240 e. The summed E-state index contributed by atoms with van der Waals surface area (Å²) in [6, 6.07) is 0. The summed E-state index contributed by atoms with van der Waals surface area (Å²) in [5.74, 6) is 0.0371. The minimum Gasteiger partial charge on any atom is -0.354 e. The molecule has 0 saturated heterocycles. The van der Waals surface area contributed by atoms with E-state index in [2.05, 4.69) is 24.1 Å². The Morgan fingerprint density at radius 2 is 1.68 bits per heavy atom. The predicted molar refractivity (Wildman–Crippen MR) is 85.3 cm³/mol. The van der Waals surface area contributed by atoms with Crippen molar-refractivity contribution >= 4 is 30.7 Å². The molecule has 1 saturated carbocycles. The molecule has 0 heterocycles. The number of carbonyl (C=O) groups is 1. The molecule has 19 heavy (non-hydrogen) atoms. The zero-order valence-electron chi connectivity index (χ0n) is 12.1. The van der Waals surface area contributed by atoms with E-state index in [1.165, 1.54) is 12.8 Å². The van der Waals surface area contributed by atoms with Crippen LogP contribution < -0.4 is 11.1 Å². The first-order valence-electron chi connectivity index (χ1n) is 6.92. The second-order valence-corrected chi connectivity index (χ2v) is 5.11. The lowest BCUT2D eigenvalue weighted by Crippen LogP contribution is -2.43. The summed E-state index contributed by atoms with van der Waals surface area (Å²) in [7, 11) is 0. The van der Waals surface area contributed by atoms with Crippen molar-refractivity contribution < 1.29 is 4.79 Å². The average molecular weight is 314 g/mol. The van der Waals surface area contributed by atoms with Gasteiger partial charge in [0.15, 0.2) is 0 Å². The van der Waals surface area contributed by atoms with Crippen molar-refractivity contribution in [3.8, 4) is 0 Å². The van der Waals surface area contributed by atoms with Crippen LogP contribution in [0.4, 0.5) is 0 Å². The van der Waals surface area contributed by atoms with E-state index >= 15 is 0 Å². The molecule has 0 bridgehead atoms. The molecule has 1 amide bonds. The third-order valence-electron chi connectivity index (χ3n) is 3.26. The SMILES string of the molecule is CCCN(CCC)CCCNC(=O)C1(N)CC1.Cl.Cl. The van der Waals surface area contributed by atoms with Crippen LogP contribution >= 0.6 is 24.8 Å². The van der Waals surface area contributed by atoms with Gasteiger partial charge in [-0.2, -0.15) is 0 Å². The van der Waals surface area contributed by atoms with Crippen LogP contribution in [0.15, 0.2) is 0 Å². The van der Waals surface area contributed by atoms with Crippen LogP contribution in [0.3, 0.4) is 0 Å². The number of rotatable bonds is 9. The quantitative estimate of drug-likeness (QED) is 0.640. The molecular formula is C13H29Cl2N3O. The fourth-order valence-electron chi connectivity index (χ4n) is 2.01. The zero-order valence-corrected chi connectivity index (χ0v) is 13.7. The van der Waals surface area contributed by atoms with Gasteiger partial charge in [0.2, 0.25) is 5.91 Å². The Balaban J connectivity index is 0. The number of nitrogens with zero attached hydrogens (tertiary/aromatic N) is 1.